The maximum Gasteiger partial charge on any atom is 0.339 e. The Kier molecular flexibility index (Phi) is 6.66. The molecule has 0 saturated carbocycles. The zero-order valence-corrected chi connectivity index (χ0v) is 13.2. The van der Waals surface area contributed by atoms with Crippen LogP contribution in [0.1, 0.15) is 44.0 Å². The minimum Gasteiger partial charge on any atom is -0.465 e. The van der Waals surface area contributed by atoms with Gasteiger partial charge in [-0.3, -0.25) is 4.79 Å². The summed E-state index contributed by atoms with van der Waals surface area (Å²) in [6.07, 6.45) is 7.72. The zero-order chi connectivity index (χ0) is 15.8. The molecule has 0 radical (unpaired) electrons. The van der Waals surface area contributed by atoms with Crippen molar-refractivity contribution in [2.24, 2.45) is 0 Å². The number of nitrogens with zero attached hydrogens (tertiary/aromatic N) is 1. The van der Waals surface area contributed by atoms with E-state index in [-0.39, 0.29) is 5.56 Å². The first-order chi connectivity index (χ1) is 9.93. The van der Waals surface area contributed by atoms with E-state index in [0.29, 0.717) is 12.1 Å². The summed E-state index contributed by atoms with van der Waals surface area (Å²) >= 11 is 0. The minimum atomic E-state index is -0.437. The molecule has 1 heterocycles. The standard InChI is InChI=1S/C17H23NO3/c1-13(2)6-5-7-14(3)10-11-18-12-15(17(20)21-4)8-9-16(18)19/h6,8-10,12H,5,7,11H2,1-4H3. The van der Waals surface area contributed by atoms with Crippen molar-refractivity contribution in [2.75, 3.05) is 7.11 Å². The van der Waals surface area contributed by atoms with Crippen LogP contribution < -0.4 is 5.56 Å². The topological polar surface area (TPSA) is 48.3 Å². The number of carbonyl (C=O) groups excluding carboxylic acids is 1. The van der Waals surface area contributed by atoms with E-state index in [1.54, 1.807) is 0 Å². The van der Waals surface area contributed by atoms with Crippen LogP contribution in [0.4, 0.5) is 0 Å². The third kappa shape index (κ3) is 5.81. The molecule has 0 N–H and O–H groups in total. The van der Waals surface area contributed by atoms with Crippen molar-refractivity contribution in [1.82, 2.24) is 4.57 Å². The van der Waals surface area contributed by atoms with E-state index in [1.165, 1.54) is 41.2 Å². The molecule has 0 spiro atoms. The summed E-state index contributed by atoms with van der Waals surface area (Å²) in [6, 6.07) is 2.87. The van der Waals surface area contributed by atoms with Crippen LogP contribution in [0.2, 0.25) is 0 Å². The van der Waals surface area contributed by atoms with Crippen LogP contribution in [0.15, 0.2) is 46.4 Å². The predicted molar refractivity (Wildman–Crippen MR) is 84.5 cm³/mol. The zero-order valence-electron chi connectivity index (χ0n) is 13.2. The average molecular weight is 289 g/mol. The Balaban J connectivity index is 2.76. The van der Waals surface area contributed by atoms with Crippen LogP contribution in [0, 0.1) is 0 Å². The van der Waals surface area contributed by atoms with Crippen molar-refractivity contribution in [2.45, 2.75) is 40.2 Å². The molecule has 0 unspecified atom stereocenters. The Morgan fingerprint density at radius 2 is 1.95 bits per heavy atom. The molecule has 0 saturated heterocycles. The number of allylic oxidation sites excluding steroid dienone is 4. The van der Waals surface area contributed by atoms with E-state index in [0.717, 1.165) is 12.8 Å². The van der Waals surface area contributed by atoms with E-state index in [4.69, 9.17) is 0 Å². The number of ether oxygens (including phenoxy) is 1. The highest BCUT2D eigenvalue weighted by Crippen LogP contribution is 2.07. The summed E-state index contributed by atoms with van der Waals surface area (Å²) in [5, 5.41) is 0. The summed E-state index contributed by atoms with van der Waals surface area (Å²) in [5.41, 5.74) is 2.79. The van der Waals surface area contributed by atoms with Gasteiger partial charge in [-0.2, -0.15) is 0 Å². The molecule has 1 aromatic heterocycles. The van der Waals surface area contributed by atoms with Gasteiger partial charge < -0.3 is 9.30 Å². The Morgan fingerprint density at radius 3 is 2.57 bits per heavy atom. The largest absolute Gasteiger partial charge is 0.465 e. The number of pyridine rings is 1. The highest BCUT2D eigenvalue weighted by Gasteiger charge is 2.06. The van der Waals surface area contributed by atoms with E-state index in [9.17, 15) is 9.59 Å². The number of carbonyl (C=O) groups is 1. The molecule has 21 heavy (non-hydrogen) atoms. The average Bonchev–Trinajstić information content (AvgIpc) is 2.45. The maximum atomic E-state index is 11.8. The molecule has 114 valence electrons. The summed E-state index contributed by atoms with van der Waals surface area (Å²) < 4.78 is 6.17. The molecule has 0 bridgehead atoms. The van der Waals surface area contributed by atoms with Gasteiger partial charge in [-0.25, -0.2) is 4.79 Å². The van der Waals surface area contributed by atoms with Gasteiger partial charge in [0.25, 0.3) is 5.56 Å². The molecule has 4 nitrogen and oxygen atoms in total. The van der Waals surface area contributed by atoms with Gasteiger partial charge in [0.15, 0.2) is 0 Å². The highest BCUT2D eigenvalue weighted by molar-refractivity contribution is 5.88. The lowest BCUT2D eigenvalue weighted by Gasteiger charge is -2.06. The van der Waals surface area contributed by atoms with Crippen molar-refractivity contribution in [3.05, 3.63) is 57.5 Å². The molecule has 4 heteroatoms. The first-order valence-corrected chi connectivity index (χ1v) is 7.02. The number of rotatable bonds is 6. The summed E-state index contributed by atoms with van der Waals surface area (Å²) in [7, 11) is 1.32. The van der Waals surface area contributed by atoms with Gasteiger partial charge in [0.1, 0.15) is 0 Å². The van der Waals surface area contributed by atoms with E-state index < -0.39 is 5.97 Å². The SMILES string of the molecule is COC(=O)c1ccc(=O)n(CC=C(C)CCC=C(C)C)c1. The molecule has 1 aromatic rings. The second kappa shape index (κ2) is 8.25. The Labute approximate surface area is 125 Å². The number of hydrogen-bond donors (Lipinski definition) is 0. The van der Waals surface area contributed by atoms with Crippen molar-refractivity contribution in [3.63, 3.8) is 0 Å². The van der Waals surface area contributed by atoms with E-state index in [2.05, 4.69) is 24.7 Å². The van der Waals surface area contributed by atoms with Crippen molar-refractivity contribution >= 4 is 5.97 Å². The molecule has 1 rings (SSSR count). The third-order valence-electron chi connectivity index (χ3n) is 3.13. The van der Waals surface area contributed by atoms with Crippen LogP contribution in [0.3, 0.4) is 0 Å². The molecule has 0 fully saturated rings. The third-order valence-corrected chi connectivity index (χ3v) is 3.13. The lowest BCUT2D eigenvalue weighted by Crippen LogP contribution is -2.20. The number of hydrogen-bond acceptors (Lipinski definition) is 3. The quantitative estimate of drug-likeness (QED) is 0.596. The van der Waals surface area contributed by atoms with Crippen molar-refractivity contribution in [3.8, 4) is 0 Å². The van der Waals surface area contributed by atoms with Crippen LogP contribution in [0.5, 0.6) is 0 Å². The fourth-order valence-electron chi connectivity index (χ4n) is 1.86. The Hall–Kier alpha value is -2.10. The molecule has 0 aliphatic rings. The first kappa shape index (κ1) is 17.0. The van der Waals surface area contributed by atoms with Crippen LogP contribution >= 0.6 is 0 Å². The van der Waals surface area contributed by atoms with Gasteiger partial charge in [0.05, 0.1) is 12.7 Å². The second-order valence-corrected chi connectivity index (χ2v) is 5.27. The van der Waals surface area contributed by atoms with Crippen molar-refractivity contribution < 1.29 is 9.53 Å². The van der Waals surface area contributed by atoms with Gasteiger partial charge in [0, 0.05) is 18.8 Å². The monoisotopic (exact) mass is 289 g/mol. The summed E-state index contributed by atoms with van der Waals surface area (Å²) in [4.78, 5) is 23.2. The normalized spacial score (nSPS) is 11.1. The predicted octanol–water partition coefficient (Wildman–Crippen LogP) is 3.33. The molecule has 0 amide bonds. The number of esters is 1. The fourth-order valence-corrected chi connectivity index (χ4v) is 1.86. The fraction of sp³-hybridized carbons (Fsp3) is 0.412. The molecule has 0 aliphatic heterocycles. The molecule has 0 aliphatic carbocycles. The van der Waals surface area contributed by atoms with Gasteiger partial charge >= 0.3 is 5.97 Å². The van der Waals surface area contributed by atoms with Gasteiger partial charge in [-0.15, -0.1) is 0 Å². The lowest BCUT2D eigenvalue weighted by atomic mass is 10.1. The van der Waals surface area contributed by atoms with E-state index in [1.807, 2.05) is 13.0 Å². The van der Waals surface area contributed by atoms with Crippen LogP contribution in [0.25, 0.3) is 0 Å². The van der Waals surface area contributed by atoms with Crippen LogP contribution in [-0.4, -0.2) is 17.6 Å². The first-order valence-electron chi connectivity index (χ1n) is 7.02. The second-order valence-electron chi connectivity index (χ2n) is 5.27. The minimum absolute atomic E-state index is 0.129. The Morgan fingerprint density at radius 1 is 1.24 bits per heavy atom. The van der Waals surface area contributed by atoms with Gasteiger partial charge in [-0.05, 0) is 39.7 Å². The Bertz CT molecular complexity index is 605. The number of aromatic nitrogens is 1. The molecule has 0 atom stereocenters. The maximum absolute atomic E-state index is 11.8. The molecule has 0 aromatic carbocycles. The van der Waals surface area contributed by atoms with Crippen molar-refractivity contribution in [1.29, 1.82) is 0 Å². The summed E-state index contributed by atoms with van der Waals surface area (Å²) in [5.74, 6) is -0.437. The van der Waals surface area contributed by atoms with Gasteiger partial charge in [0.2, 0.25) is 0 Å². The van der Waals surface area contributed by atoms with Crippen LogP contribution in [-0.2, 0) is 11.3 Å². The number of methoxy groups -OCH3 is 1. The smallest absolute Gasteiger partial charge is 0.339 e. The molecular weight excluding hydrogens is 266 g/mol. The highest BCUT2D eigenvalue weighted by atomic mass is 16.5. The lowest BCUT2D eigenvalue weighted by molar-refractivity contribution is 0.0599. The van der Waals surface area contributed by atoms with Gasteiger partial charge in [-0.1, -0.05) is 23.3 Å². The molecular formula is C17H23NO3. The summed E-state index contributed by atoms with van der Waals surface area (Å²) in [6.45, 7) is 6.67. The van der Waals surface area contributed by atoms with E-state index >= 15 is 0 Å².